The Kier molecular flexibility index (Phi) is 6.67. The summed E-state index contributed by atoms with van der Waals surface area (Å²) in [6, 6.07) is 6.67. The van der Waals surface area contributed by atoms with Gasteiger partial charge in [0, 0.05) is 30.3 Å². The molecular formula is C16H27ClN2. The molecule has 0 aliphatic rings. The van der Waals surface area contributed by atoms with E-state index in [0.717, 1.165) is 24.0 Å². The predicted molar refractivity (Wildman–Crippen MR) is 86.3 cm³/mol. The van der Waals surface area contributed by atoms with Crippen molar-refractivity contribution >= 4 is 17.3 Å². The van der Waals surface area contributed by atoms with E-state index in [0.29, 0.717) is 6.04 Å². The van der Waals surface area contributed by atoms with Crippen LogP contribution in [-0.2, 0) is 0 Å². The van der Waals surface area contributed by atoms with Crippen molar-refractivity contribution in [3.63, 3.8) is 0 Å². The number of hydrogen-bond acceptors (Lipinski definition) is 2. The normalized spacial score (nSPS) is 12.8. The summed E-state index contributed by atoms with van der Waals surface area (Å²) in [5.41, 5.74) is 2.36. The standard InChI is InChI=1S/C16H27ClN2/c1-6-18-13(4)15-8-7-14(11-16(15)17)19(5)10-9-12(2)3/h7-8,11-13,18H,6,9-10H2,1-5H3. The molecule has 3 heteroatoms. The summed E-state index contributed by atoms with van der Waals surface area (Å²) >= 11 is 6.40. The molecule has 2 nitrogen and oxygen atoms in total. The van der Waals surface area contributed by atoms with Crippen LogP contribution in [0.1, 0.15) is 45.7 Å². The summed E-state index contributed by atoms with van der Waals surface area (Å²) in [4.78, 5) is 2.27. The molecule has 0 fully saturated rings. The van der Waals surface area contributed by atoms with Crippen molar-refractivity contribution in [1.82, 2.24) is 5.32 Å². The van der Waals surface area contributed by atoms with Crippen LogP contribution in [0.15, 0.2) is 18.2 Å². The molecule has 0 bridgehead atoms. The lowest BCUT2D eigenvalue weighted by atomic mass is 10.1. The SMILES string of the molecule is CCNC(C)c1ccc(N(C)CCC(C)C)cc1Cl. The number of halogens is 1. The topological polar surface area (TPSA) is 15.3 Å². The summed E-state index contributed by atoms with van der Waals surface area (Å²) in [6.45, 7) is 10.8. The van der Waals surface area contributed by atoms with E-state index in [1.807, 2.05) is 0 Å². The maximum atomic E-state index is 6.40. The first-order chi connectivity index (χ1) is 8.95. The van der Waals surface area contributed by atoms with Gasteiger partial charge in [0.05, 0.1) is 0 Å². The van der Waals surface area contributed by atoms with Crippen molar-refractivity contribution in [1.29, 1.82) is 0 Å². The fourth-order valence-electron chi connectivity index (χ4n) is 2.10. The molecular weight excluding hydrogens is 256 g/mol. The van der Waals surface area contributed by atoms with E-state index in [4.69, 9.17) is 11.6 Å². The third-order valence-electron chi connectivity index (χ3n) is 3.44. The fraction of sp³-hybridized carbons (Fsp3) is 0.625. The molecule has 1 N–H and O–H groups in total. The molecule has 1 atom stereocenters. The zero-order chi connectivity index (χ0) is 14.4. The molecule has 0 aliphatic carbocycles. The van der Waals surface area contributed by atoms with Gasteiger partial charge in [-0.25, -0.2) is 0 Å². The van der Waals surface area contributed by atoms with Crippen molar-refractivity contribution in [2.24, 2.45) is 5.92 Å². The molecule has 0 saturated carbocycles. The maximum Gasteiger partial charge on any atom is 0.0474 e. The Morgan fingerprint density at radius 3 is 2.47 bits per heavy atom. The smallest absolute Gasteiger partial charge is 0.0474 e. The first kappa shape index (κ1) is 16.3. The van der Waals surface area contributed by atoms with Gasteiger partial charge in [0.25, 0.3) is 0 Å². The van der Waals surface area contributed by atoms with Gasteiger partial charge in [0.2, 0.25) is 0 Å². The molecule has 1 aromatic rings. The van der Waals surface area contributed by atoms with Crippen molar-refractivity contribution in [3.05, 3.63) is 28.8 Å². The number of hydrogen-bond donors (Lipinski definition) is 1. The lowest BCUT2D eigenvalue weighted by Crippen LogP contribution is -2.21. The van der Waals surface area contributed by atoms with Gasteiger partial charge >= 0.3 is 0 Å². The highest BCUT2D eigenvalue weighted by atomic mass is 35.5. The average molecular weight is 283 g/mol. The van der Waals surface area contributed by atoms with Crippen LogP contribution in [0.25, 0.3) is 0 Å². The molecule has 0 heterocycles. The summed E-state index contributed by atoms with van der Waals surface area (Å²) < 4.78 is 0. The van der Waals surface area contributed by atoms with Crippen molar-refractivity contribution < 1.29 is 0 Å². The molecule has 0 saturated heterocycles. The Balaban J connectivity index is 2.75. The summed E-state index contributed by atoms with van der Waals surface area (Å²) in [5.74, 6) is 0.728. The van der Waals surface area contributed by atoms with Crippen molar-refractivity contribution in [2.75, 3.05) is 25.0 Å². The lowest BCUT2D eigenvalue weighted by molar-refractivity contribution is 0.584. The number of benzene rings is 1. The third kappa shape index (κ3) is 5.04. The molecule has 1 rings (SSSR count). The second-order valence-electron chi connectivity index (χ2n) is 5.59. The number of rotatable bonds is 7. The van der Waals surface area contributed by atoms with Gasteiger partial charge < -0.3 is 10.2 Å². The van der Waals surface area contributed by atoms with Crippen LogP contribution in [-0.4, -0.2) is 20.1 Å². The van der Waals surface area contributed by atoms with Gasteiger partial charge in [0.15, 0.2) is 0 Å². The monoisotopic (exact) mass is 282 g/mol. The van der Waals surface area contributed by atoms with Crippen LogP contribution in [0.3, 0.4) is 0 Å². The largest absolute Gasteiger partial charge is 0.375 e. The highest BCUT2D eigenvalue weighted by Crippen LogP contribution is 2.27. The van der Waals surface area contributed by atoms with E-state index >= 15 is 0 Å². The Bertz CT molecular complexity index is 390. The Morgan fingerprint density at radius 2 is 1.95 bits per heavy atom. The minimum Gasteiger partial charge on any atom is -0.375 e. The Hall–Kier alpha value is -0.730. The Morgan fingerprint density at radius 1 is 1.26 bits per heavy atom. The minimum absolute atomic E-state index is 0.299. The summed E-state index contributed by atoms with van der Waals surface area (Å²) in [6.07, 6.45) is 1.20. The molecule has 0 spiro atoms. The van der Waals surface area contributed by atoms with E-state index in [1.165, 1.54) is 17.7 Å². The zero-order valence-corrected chi connectivity index (χ0v) is 13.6. The second kappa shape index (κ2) is 7.76. The van der Waals surface area contributed by atoms with Gasteiger partial charge in [-0.3, -0.25) is 0 Å². The minimum atomic E-state index is 0.299. The van der Waals surface area contributed by atoms with Crippen LogP contribution < -0.4 is 10.2 Å². The van der Waals surface area contributed by atoms with Crippen LogP contribution in [0.5, 0.6) is 0 Å². The Labute approximate surface area is 123 Å². The van der Waals surface area contributed by atoms with Crippen LogP contribution in [0.2, 0.25) is 5.02 Å². The van der Waals surface area contributed by atoms with Crippen molar-refractivity contribution in [3.8, 4) is 0 Å². The van der Waals surface area contributed by atoms with Gasteiger partial charge in [-0.2, -0.15) is 0 Å². The van der Waals surface area contributed by atoms with E-state index < -0.39 is 0 Å². The summed E-state index contributed by atoms with van der Waals surface area (Å²) in [5, 5.41) is 4.24. The maximum absolute atomic E-state index is 6.40. The quantitative estimate of drug-likeness (QED) is 0.792. The van der Waals surface area contributed by atoms with E-state index in [9.17, 15) is 0 Å². The first-order valence-electron chi connectivity index (χ1n) is 7.19. The second-order valence-corrected chi connectivity index (χ2v) is 6.00. The van der Waals surface area contributed by atoms with E-state index in [2.05, 4.69) is 63.2 Å². The van der Waals surface area contributed by atoms with E-state index in [-0.39, 0.29) is 0 Å². The van der Waals surface area contributed by atoms with Crippen molar-refractivity contribution in [2.45, 2.75) is 40.2 Å². The average Bonchev–Trinajstić information content (AvgIpc) is 2.35. The first-order valence-corrected chi connectivity index (χ1v) is 7.57. The van der Waals surface area contributed by atoms with Gasteiger partial charge in [0.1, 0.15) is 0 Å². The van der Waals surface area contributed by atoms with Crippen LogP contribution in [0.4, 0.5) is 5.69 Å². The molecule has 108 valence electrons. The molecule has 1 aromatic carbocycles. The van der Waals surface area contributed by atoms with Gasteiger partial charge in [-0.1, -0.05) is 38.4 Å². The zero-order valence-electron chi connectivity index (χ0n) is 12.8. The van der Waals surface area contributed by atoms with Crippen LogP contribution >= 0.6 is 11.6 Å². The fourth-order valence-corrected chi connectivity index (χ4v) is 2.44. The molecule has 0 radical (unpaired) electrons. The van der Waals surface area contributed by atoms with E-state index in [1.54, 1.807) is 0 Å². The third-order valence-corrected chi connectivity index (χ3v) is 3.77. The number of anilines is 1. The number of nitrogens with one attached hydrogen (secondary N) is 1. The highest BCUT2D eigenvalue weighted by Gasteiger charge is 2.10. The molecule has 0 aliphatic heterocycles. The van der Waals surface area contributed by atoms with Gasteiger partial charge in [-0.15, -0.1) is 0 Å². The molecule has 0 aromatic heterocycles. The highest BCUT2D eigenvalue weighted by molar-refractivity contribution is 6.31. The molecule has 0 amide bonds. The molecule has 1 unspecified atom stereocenters. The molecule has 19 heavy (non-hydrogen) atoms. The van der Waals surface area contributed by atoms with Gasteiger partial charge in [-0.05, 0) is 43.5 Å². The lowest BCUT2D eigenvalue weighted by Gasteiger charge is -2.22. The number of nitrogens with zero attached hydrogens (tertiary/aromatic N) is 1. The summed E-state index contributed by atoms with van der Waals surface area (Å²) in [7, 11) is 2.13. The predicted octanol–water partition coefficient (Wildman–Crippen LogP) is 4.49. The van der Waals surface area contributed by atoms with Crippen LogP contribution in [0, 0.1) is 5.92 Å².